The Hall–Kier alpha value is -2.20. The van der Waals surface area contributed by atoms with E-state index >= 15 is 0 Å². The van der Waals surface area contributed by atoms with Crippen molar-refractivity contribution in [3.63, 3.8) is 0 Å². The summed E-state index contributed by atoms with van der Waals surface area (Å²) >= 11 is 0. The summed E-state index contributed by atoms with van der Waals surface area (Å²) < 4.78 is 0. The molecule has 2 heterocycles. The lowest BCUT2D eigenvalue weighted by Gasteiger charge is -2.16. The zero-order chi connectivity index (χ0) is 13.7. The van der Waals surface area contributed by atoms with Crippen LogP contribution in [0.25, 0.3) is 0 Å². The van der Waals surface area contributed by atoms with Crippen LogP contribution in [0.4, 0.5) is 11.5 Å². The Bertz CT molecular complexity index is 503. The van der Waals surface area contributed by atoms with Gasteiger partial charge in [0, 0.05) is 12.1 Å². The molecule has 2 rings (SSSR count). The number of nitriles is 1. The van der Waals surface area contributed by atoms with Crippen molar-refractivity contribution in [3.05, 3.63) is 27.9 Å². The van der Waals surface area contributed by atoms with Gasteiger partial charge in [0.1, 0.15) is 11.9 Å². The van der Waals surface area contributed by atoms with E-state index in [1.54, 1.807) is 12.1 Å². The summed E-state index contributed by atoms with van der Waals surface area (Å²) in [6.45, 7) is 1.95. The van der Waals surface area contributed by atoms with Crippen molar-refractivity contribution in [2.24, 2.45) is 0 Å². The molecule has 0 spiro atoms. The van der Waals surface area contributed by atoms with E-state index in [2.05, 4.69) is 15.6 Å². The van der Waals surface area contributed by atoms with Crippen molar-refractivity contribution in [1.82, 2.24) is 10.3 Å². The highest BCUT2D eigenvalue weighted by Gasteiger charge is 2.17. The van der Waals surface area contributed by atoms with Crippen molar-refractivity contribution in [2.45, 2.75) is 25.3 Å². The van der Waals surface area contributed by atoms with Crippen molar-refractivity contribution < 1.29 is 4.92 Å². The monoisotopic (exact) mass is 261 g/mol. The Morgan fingerprint density at radius 1 is 1.47 bits per heavy atom. The number of hydrogen-bond donors (Lipinski definition) is 2. The maximum Gasteiger partial charge on any atom is 0.305 e. The van der Waals surface area contributed by atoms with Crippen molar-refractivity contribution in [2.75, 3.05) is 18.4 Å². The molecule has 1 aliphatic rings. The molecule has 0 aromatic carbocycles. The third-order valence-electron chi connectivity index (χ3n) is 3.10. The third kappa shape index (κ3) is 3.39. The van der Waals surface area contributed by atoms with Crippen LogP contribution < -0.4 is 10.6 Å². The lowest BCUT2D eigenvalue weighted by atomic mass is 10.1. The zero-order valence-electron chi connectivity index (χ0n) is 10.4. The standard InChI is InChI=1S/C12H15N5O2/c13-8-10-11(17(18)19)3-4-12(16-10)15-9-2-1-6-14-7-5-9/h3-4,9,14H,1-2,5-7H2,(H,15,16). The van der Waals surface area contributed by atoms with E-state index in [4.69, 9.17) is 5.26 Å². The van der Waals surface area contributed by atoms with Gasteiger partial charge in [0.25, 0.3) is 0 Å². The molecule has 1 aliphatic heterocycles. The predicted molar refractivity (Wildman–Crippen MR) is 69.7 cm³/mol. The molecule has 1 aromatic heterocycles. The first kappa shape index (κ1) is 13.2. The largest absolute Gasteiger partial charge is 0.367 e. The zero-order valence-corrected chi connectivity index (χ0v) is 10.4. The average Bonchev–Trinajstić information content (AvgIpc) is 2.67. The number of nitrogens with zero attached hydrogens (tertiary/aromatic N) is 3. The summed E-state index contributed by atoms with van der Waals surface area (Å²) in [4.78, 5) is 14.1. The fraction of sp³-hybridized carbons (Fsp3) is 0.500. The molecule has 2 N–H and O–H groups in total. The number of nitrogens with one attached hydrogen (secondary N) is 2. The summed E-state index contributed by atoms with van der Waals surface area (Å²) in [5.74, 6) is 0.522. The maximum absolute atomic E-state index is 10.7. The average molecular weight is 261 g/mol. The fourth-order valence-electron chi connectivity index (χ4n) is 2.13. The van der Waals surface area contributed by atoms with Crippen LogP contribution >= 0.6 is 0 Å². The van der Waals surface area contributed by atoms with Gasteiger partial charge in [0.05, 0.1) is 4.92 Å². The quantitative estimate of drug-likeness (QED) is 0.629. The molecule has 0 amide bonds. The molecule has 1 unspecified atom stereocenters. The second-order valence-corrected chi connectivity index (χ2v) is 4.46. The van der Waals surface area contributed by atoms with E-state index in [1.165, 1.54) is 6.07 Å². The molecule has 7 heteroatoms. The lowest BCUT2D eigenvalue weighted by Crippen LogP contribution is -2.22. The molecule has 7 nitrogen and oxygen atoms in total. The minimum atomic E-state index is -0.592. The summed E-state index contributed by atoms with van der Waals surface area (Å²) in [6, 6.07) is 4.92. The number of nitro groups is 1. The van der Waals surface area contributed by atoms with Gasteiger partial charge < -0.3 is 10.6 Å². The van der Waals surface area contributed by atoms with E-state index in [0.717, 1.165) is 32.4 Å². The van der Waals surface area contributed by atoms with Gasteiger partial charge in [-0.1, -0.05) is 0 Å². The molecule has 0 aliphatic carbocycles. The van der Waals surface area contributed by atoms with E-state index < -0.39 is 4.92 Å². The van der Waals surface area contributed by atoms with Gasteiger partial charge in [0.2, 0.25) is 5.69 Å². The van der Waals surface area contributed by atoms with E-state index in [-0.39, 0.29) is 17.4 Å². The first-order valence-corrected chi connectivity index (χ1v) is 6.23. The van der Waals surface area contributed by atoms with Gasteiger partial charge in [-0.15, -0.1) is 0 Å². The molecule has 0 saturated carbocycles. The SMILES string of the molecule is N#Cc1nc(NC2CCCNCC2)ccc1[N+](=O)[O-]. The molecule has 1 aromatic rings. The Balaban J connectivity index is 2.12. The van der Waals surface area contributed by atoms with Crippen LogP contribution in [-0.4, -0.2) is 29.0 Å². The van der Waals surface area contributed by atoms with E-state index in [0.29, 0.717) is 5.82 Å². The van der Waals surface area contributed by atoms with Crippen LogP contribution in [-0.2, 0) is 0 Å². The number of aromatic nitrogens is 1. The molecule has 19 heavy (non-hydrogen) atoms. The van der Waals surface area contributed by atoms with Gasteiger partial charge in [-0.25, -0.2) is 4.98 Å². The van der Waals surface area contributed by atoms with Crippen molar-refractivity contribution >= 4 is 11.5 Å². The Morgan fingerprint density at radius 2 is 2.32 bits per heavy atom. The molecular weight excluding hydrogens is 246 g/mol. The normalized spacial score (nSPS) is 19.2. The lowest BCUT2D eigenvalue weighted by molar-refractivity contribution is -0.385. The summed E-state index contributed by atoms with van der Waals surface area (Å²) in [5, 5.41) is 26.1. The Morgan fingerprint density at radius 3 is 3.05 bits per heavy atom. The highest BCUT2D eigenvalue weighted by Crippen LogP contribution is 2.19. The summed E-state index contributed by atoms with van der Waals surface area (Å²) in [7, 11) is 0. The minimum absolute atomic E-state index is 0.151. The highest BCUT2D eigenvalue weighted by atomic mass is 16.6. The second kappa shape index (κ2) is 6.11. The van der Waals surface area contributed by atoms with Crippen LogP contribution in [0.15, 0.2) is 12.1 Å². The molecule has 1 fully saturated rings. The van der Waals surface area contributed by atoms with Crippen LogP contribution in [0.3, 0.4) is 0 Å². The number of hydrogen-bond acceptors (Lipinski definition) is 6. The van der Waals surface area contributed by atoms with Gasteiger partial charge in [-0.3, -0.25) is 10.1 Å². The first-order valence-electron chi connectivity index (χ1n) is 6.23. The van der Waals surface area contributed by atoms with Crippen LogP contribution in [0.2, 0.25) is 0 Å². The fourth-order valence-corrected chi connectivity index (χ4v) is 2.13. The Labute approximate surface area is 110 Å². The van der Waals surface area contributed by atoms with E-state index in [9.17, 15) is 10.1 Å². The van der Waals surface area contributed by atoms with E-state index in [1.807, 2.05) is 0 Å². The van der Waals surface area contributed by atoms with Gasteiger partial charge in [-0.05, 0) is 38.4 Å². The minimum Gasteiger partial charge on any atom is -0.367 e. The Kier molecular flexibility index (Phi) is 4.26. The van der Waals surface area contributed by atoms with Gasteiger partial charge in [-0.2, -0.15) is 5.26 Å². The smallest absolute Gasteiger partial charge is 0.305 e. The maximum atomic E-state index is 10.7. The molecular formula is C12H15N5O2. The van der Waals surface area contributed by atoms with Crippen LogP contribution in [0.5, 0.6) is 0 Å². The second-order valence-electron chi connectivity index (χ2n) is 4.46. The molecule has 0 radical (unpaired) electrons. The molecule has 1 atom stereocenters. The number of rotatable bonds is 3. The highest BCUT2D eigenvalue weighted by molar-refractivity contribution is 5.50. The van der Waals surface area contributed by atoms with Gasteiger partial charge >= 0.3 is 5.69 Å². The topological polar surface area (TPSA) is 104 Å². The third-order valence-corrected chi connectivity index (χ3v) is 3.10. The number of pyridine rings is 1. The molecule has 100 valence electrons. The summed E-state index contributed by atoms with van der Waals surface area (Å²) in [6.07, 6.45) is 3.07. The predicted octanol–water partition coefficient (Wildman–Crippen LogP) is 1.42. The molecule has 1 saturated heterocycles. The van der Waals surface area contributed by atoms with Gasteiger partial charge in [0.15, 0.2) is 0 Å². The van der Waals surface area contributed by atoms with Crippen LogP contribution in [0, 0.1) is 21.4 Å². The summed E-state index contributed by atoms with van der Waals surface area (Å²) in [5.41, 5.74) is -0.405. The molecule has 0 bridgehead atoms. The van der Waals surface area contributed by atoms with Crippen LogP contribution in [0.1, 0.15) is 25.0 Å². The van der Waals surface area contributed by atoms with Crippen molar-refractivity contribution in [3.8, 4) is 6.07 Å². The van der Waals surface area contributed by atoms with Crippen molar-refractivity contribution in [1.29, 1.82) is 5.26 Å². The first-order chi connectivity index (χ1) is 9.20. The number of anilines is 1.